The number of hydrogen-bond donors (Lipinski definition) is 2. The molecule has 0 aliphatic rings. The van der Waals surface area contributed by atoms with Crippen molar-refractivity contribution < 1.29 is 5.11 Å². The van der Waals surface area contributed by atoms with Crippen molar-refractivity contribution in [3.8, 4) is 0 Å². The molecule has 2 N–H and O–H groups in total. The number of rotatable bonds is 5. The maximum absolute atomic E-state index is 9.08. The molecule has 0 aliphatic carbocycles. The van der Waals surface area contributed by atoms with E-state index in [0.29, 0.717) is 5.15 Å². The van der Waals surface area contributed by atoms with Gasteiger partial charge < -0.3 is 10.4 Å². The summed E-state index contributed by atoms with van der Waals surface area (Å²) in [7, 11) is 0. The van der Waals surface area contributed by atoms with Gasteiger partial charge in [-0.2, -0.15) is 0 Å². The van der Waals surface area contributed by atoms with E-state index < -0.39 is 0 Å². The summed E-state index contributed by atoms with van der Waals surface area (Å²) in [6, 6.07) is 4.06. The zero-order valence-corrected chi connectivity index (χ0v) is 9.83. The topological polar surface area (TPSA) is 45.1 Å². The summed E-state index contributed by atoms with van der Waals surface area (Å²) in [4.78, 5) is 3.93. The lowest BCUT2D eigenvalue weighted by molar-refractivity contribution is 0.230. The molecule has 4 heteroatoms. The second kappa shape index (κ2) is 6.05. The molecule has 0 saturated heterocycles. The quantitative estimate of drug-likeness (QED) is 0.760. The molecule has 1 heterocycles. The molecule has 0 bridgehead atoms. The molecule has 1 aromatic rings. The Morgan fingerprint density at radius 2 is 2.33 bits per heavy atom. The highest BCUT2D eigenvalue weighted by Gasteiger charge is 2.11. The van der Waals surface area contributed by atoms with Crippen molar-refractivity contribution >= 4 is 11.6 Å². The van der Waals surface area contributed by atoms with Crippen LogP contribution in [0.4, 0.5) is 0 Å². The summed E-state index contributed by atoms with van der Waals surface area (Å²) >= 11 is 5.80. The Bertz CT molecular complexity index is 302. The molecule has 2 unspecified atom stereocenters. The molecule has 0 radical (unpaired) electrons. The molecule has 2 atom stereocenters. The first-order valence-corrected chi connectivity index (χ1v) is 5.53. The molecule has 0 aliphatic heterocycles. The summed E-state index contributed by atoms with van der Waals surface area (Å²) < 4.78 is 0. The van der Waals surface area contributed by atoms with Crippen LogP contribution in [0.2, 0.25) is 5.15 Å². The summed E-state index contributed by atoms with van der Waals surface area (Å²) in [5, 5.41) is 12.9. The van der Waals surface area contributed by atoms with Crippen molar-refractivity contribution in [1.82, 2.24) is 10.3 Å². The van der Waals surface area contributed by atoms with Crippen molar-refractivity contribution in [3.63, 3.8) is 0 Å². The Balaban J connectivity index is 2.64. The Kier molecular flexibility index (Phi) is 5.02. The molecule has 0 spiro atoms. The molecule has 1 rings (SSSR count). The molecule has 0 fully saturated rings. The third-order valence-corrected chi connectivity index (χ3v) is 2.66. The summed E-state index contributed by atoms with van der Waals surface area (Å²) in [6.07, 6.45) is 2.59. The van der Waals surface area contributed by atoms with Crippen LogP contribution in [0.25, 0.3) is 0 Å². The van der Waals surface area contributed by atoms with Gasteiger partial charge in [-0.25, -0.2) is 4.98 Å². The van der Waals surface area contributed by atoms with Crippen molar-refractivity contribution in [3.05, 3.63) is 29.0 Å². The number of pyridine rings is 1. The minimum atomic E-state index is 0.131. The number of halogens is 1. The Hall–Kier alpha value is -0.640. The first-order chi connectivity index (χ1) is 7.17. The summed E-state index contributed by atoms with van der Waals surface area (Å²) in [5.74, 6) is 0. The first kappa shape index (κ1) is 12.4. The van der Waals surface area contributed by atoms with Gasteiger partial charge in [-0.1, -0.05) is 18.5 Å². The second-order valence-corrected chi connectivity index (χ2v) is 3.98. The van der Waals surface area contributed by atoms with Crippen LogP contribution in [-0.2, 0) is 0 Å². The average molecular weight is 229 g/mol. The predicted octanol–water partition coefficient (Wildman–Crippen LogP) is 2.16. The van der Waals surface area contributed by atoms with Crippen molar-refractivity contribution in [2.24, 2.45) is 0 Å². The van der Waals surface area contributed by atoms with Gasteiger partial charge in [0.2, 0.25) is 0 Å². The van der Waals surface area contributed by atoms with Gasteiger partial charge in [0.25, 0.3) is 0 Å². The van der Waals surface area contributed by atoms with Crippen LogP contribution in [0.15, 0.2) is 18.3 Å². The minimum Gasteiger partial charge on any atom is -0.395 e. The van der Waals surface area contributed by atoms with Gasteiger partial charge in [-0.15, -0.1) is 0 Å². The fourth-order valence-corrected chi connectivity index (χ4v) is 1.62. The largest absolute Gasteiger partial charge is 0.395 e. The Labute approximate surface area is 95.5 Å². The third kappa shape index (κ3) is 3.78. The van der Waals surface area contributed by atoms with Gasteiger partial charge in [0.15, 0.2) is 0 Å². The van der Waals surface area contributed by atoms with Crippen LogP contribution in [0.3, 0.4) is 0 Å². The molecule has 1 aromatic heterocycles. The van der Waals surface area contributed by atoms with Crippen LogP contribution in [0.1, 0.15) is 31.9 Å². The summed E-state index contributed by atoms with van der Waals surface area (Å²) in [6.45, 7) is 4.24. The highest BCUT2D eigenvalue weighted by Crippen LogP contribution is 2.16. The van der Waals surface area contributed by atoms with Gasteiger partial charge in [0.05, 0.1) is 6.61 Å². The van der Waals surface area contributed by atoms with E-state index in [4.69, 9.17) is 16.7 Å². The van der Waals surface area contributed by atoms with E-state index in [-0.39, 0.29) is 18.7 Å². The van der Waals surface area contributed by atoms with Crippen LogP contribution >= 0.6 is 11.6 Å². The van der Waals surface area contributed by atoms with Gasteiger partial charge in [0, 0.05) is 18.3 Å². The van der Waals surface area contributed by atoms with E-state index in [1.54, 1.807) is 6.20 Å². The molecular weight excluding hydrogens is 212 g/mol. The number of aliphatic hydroxyl groups is 1. The van der Waals surface area contributed by atoms with Gasteiger partial charge in [0.1, 0.15) is 5.15 Å². The van der Waals surface area contributed by atoms with Gasteiger partial charge in [-0.3, -0.25) is 0 Å². The Morgan fingerprint density at radius 1 is 1.60 bits per heavy atom. The molecule has 0 saturated carbocycles. The van der Waals surface area contributed by atoms with Crippen LogP contribution in [0, 0.1) is 0 Å². The zero-order valence-electron chi connectivity index (χ0n) is 9.07. The highest BCUT2D eigenvalue weighted by atomic mass is 35.5. The normalized spacial score (nSPS) is 14.9. The molecular formula is C11H17ClN2O. The Morgan fingerprint density at radius 3 is 2.87 bits per heavy atom. The fourth-order valence-electron chi connectivity index (χ4n) is 1.44. The molecule has 15 heavy (non-hydrogen) atoms. The van der Waals surface area contributed by atoms with Gasteiger partial charge in [-0.05, 0) is 31.0 Å². The van der Waals surface area contributed by atoms with Crippen molar-refractivity contribution in [2.75, 3.05) is 6.61 Å². The van der Waals surface area contributed by atoms with Crippen LogP contribution in [0.5, 0.6) is 0 Å². The first-order valence-electron chi connectivity index (χ1n) is 5.15. The standard InChI is InChI=1S/C11H17ClN2O/c1-3-10(7-15)14-8(2)9-4-5-13-11(12)6-9/h4-6,8,10,14-15H,3,7H2,1-2H3. The maximum atomic E-state index is 9.08. The van der Waals surface area contributed by atoms with E-state index >= 15 is 0 Å². The SMILES string of the molecule is CCC(CO)NC(C)c1ccnc(Cl)c1. The molecule has 3 nitrogen and oxygen atoms in total. The highest BCUT2D eigenvalue weighted by molar-refractivity contribution is 6.29. The van der Waals surface area contributed by atoms with E-state index in [9.17, 15) is 0 Å². The van der Waals surface area contributed by atoms with E-state index in [0.717, 1.165) is 12.0 Å². The lowest BCUT2D eigenvalue weighted by Crippen LogP contribution is -2.33. The molecule has 0 amide bonds. The number of hydrogen-bond acceptors (Lipinski definition) is 3. The number of nitrogens with zero attached hydrogens (tertiary/aromatic N) is 1. The maximum Gasteiger partial charge on any atom is 0.129 e. The van der Waals surface area contributed by atoms with Crippen molar-refractivity contribution in [1.29, 1.82) is 0 Å². The second-order valence-electron chi connectivity index (χ2n) is 3.59. The van der Waals surface area contributed by atoms with E-state index in [1.807, 2.05) is 26.0 Å². The monoisotopic (exact) mass is 228 g/mol. The smallest absolute Gasteiger partial charge is 0.129 e. The molecule has 0 aromatic carbocycles. The summed E-state index contributed by atoms with van der Waals surface area (Å²) in [5.41, 5.74) is 1.09. The van der Waals surface area contributed by atoms with E-state index in [2.05, 4.69) is 10.3 Å². The fraction of sp³-hybridized carbons (Fsp3) is 0.545. The predicted molar refractivity (Wildman–Crippen MR) is 62.0 cm³/mol. The number of aliphatic hydroxyl groups excluding tert-OH is 1. The average Bonchev–Trinajstić information content (AvgIpc) is 2.25. The van der Waals surface area contributed by atoms with Crippen molar-refractivity contribution in [2.45, 2.75) is 32.4 Å². The third-order valence-electron chi connectivity index (χ3n) is 2.45. The van der Waals surface area contributed by atoms with E-state index in [1.165, 1.54) is 0 Å². The molecule has 84 valence electrons. The minimum absolute atomic E-state index is 0.131. The van der Waals surface area contributed by atoms with Gasteiger partial charge >= 0.3 is 0 Å². The lowest BCUT2D eigenvalue weighted by Gasteiger charge is -2.20. The number of aromatic nitrogens is 1. The van der Waals surface area contributed by atoms with Crippen LogP contribution < -0.4 is 5.32 Å². The number of nitrogens with one attached hydrogen (secondary N) is 1. The lowest BCUT2D eigenvalue weighted by atomic mass is 10.1. The zero-order chi connectivity index (χ0) is 11.3. The van der Waals surface area contributed by atoms with Crippen LogP contribution in [-0.4, -0.2) is 22.7 Å².